The topological polar surface area (TPSA) is 104 Å². The Balaban J connectivity index is 0.00000220. The zero-order valence-electron chi connectivity index (χ0n) is 22.8. The largest absolute Gasteiger partial charge is 0.391 e. The van der Waals surface area contributed by atoms with Gasteiger partial charge in [-0.25, -0.2) is 18.4 Å². The molecule has 1 aromatic heterocycles. The van der Waals surface area contributed by atoms with Crippen LogP contribution in [0.3, 0.4) is 0 Å². The third-order valence-corrected chi connectivity index (χ3v) is 9.66. The first-order valence-electron chi connectivity index (χ1n) is 13.0. The second-order valence-electron chi connectivity index (χ2n) is 11.7. The standard InChI is InChI=1S/C29H35ClN4O3S.2ClH/c1-28(2,3)21-5-4-6-22(14-21)29(11-12-29)34-24-17-38(36,37)16-20(27(24)35)13-19-7-9-23(10-8-19)33-26-15-25(30)31-18-32-26;;/h4-10,14-15,18,20,24,27,34-35H,11-13,16-17H2,1-3H3,(H,31,32,33);2*1H/t20-,24+,27+;;/m1../s1. The van der Waals surface area contributed by atoms with Crippen LogP contribution in [0.15, 0.2) is 60.9 Å². The van der Waals surface area contributed by atoms with Gasteiger partial charge in [0.1, 0.15) is 17.3 Å². The van der Waals surface area contributed by atoms with Crippen LogP contribution >= 0.6 is 36.4 Å². The van der Waals surface area contributed by atoms with E-state index in [1.54, 1.807) is 6.07 Å². The molecule has 40 heavy (non-hydrogen) atoms. The summed E-state index contributed by atoms with van der Waals surface area (Å²) < 4.78 is 25.9. The second kappa shape index (κ2) is 12.5. The highest BCUT2D eigenvalue weighted by molar-refractivity contribution is 7.91. The van der Waals surface area contributed by atoms with E-state index in [4.69, 9.17) is 11.6 Å². The van der Waals surface area contributed by atoms with Gasteiger partial charge < -0.3 is 15.7 Å². The third kappa shape index (κ3) is 7.66. The molecule has 2 fully saturated rings. The summed E-state index contributed by atoms with van der Waals surface area (Å²) in [6.07, 6.45) is 2.97. The summed E-state index contributed by atoms with van der Waals surface area (Å²) in [5.74, 6) is 0.138. The molecule has 2 aliphatic rings. The average Bonchev–Trinajstić information content (AvgIpc) is 3.63. The van der Waals surface area contributed by atoms with Gasteiger partial charge in [-0.05, 0) is 53.5 Å². The summed E-state index contributed by atoms with van der Waals surface area (Å²) in [5.41, 5.74) is 3.96. The number of hydrogen-bond donors (Lipinski definition) is 3. The van der Waals surface area contributed by atoms with Crippen LogP contribution in [-0.2, 0) is 27.2 Å². The maximum absolute atomic E-state index is 12.9. The van der Waals surface area contributed by atoms with Crippen LogP contribution in [0.2, 0.25) is 5.15 Å². The van der Waals surface area contributed by atoms with E-state index in [2.05, 4.69) is 65.6 Å². The van der Waals surface area contributed by atoms with Gasteiger partial charge in [0.25, 0.3) is 0 Å². The molecule has 218 valence electrons. The Bertz CT molecular complexity index is 1410. The van der Waals surface area contributed by atoms with E-state index in [-0.39, 0.29) is 53.2 Å². The van der Waals surface area contributed by atoms with Gasteiger partial charge in [-0.2, -0.15) is 0 Å². The molecule has 11 heteroatoms. The smallest absolute Gasteiger partial charge is 0.152 e. The number of aliphatic hydroxyl groups is 1. The lowest BCUT2D eigenvalue weighted by Crippen LogP contribution is -2.57. The Kier molecular flexibility index (Phi) is 10.2. The summed E-state index contributed by atoms with van der Waals surface area (Å²) in [5, 5.41) is 18.5. The van der Waals surface area contributed by atoms with Crippen molar-refractivity contribution >= 4 is 57.8 Å². The van der Waals surface area contributed by atoms with Crippen LogP contribution in [0, 0.1) is 5.92 Å². The van der Waals surface area contributed by atoms with E-state index < -0.39 is 22.0 Å². The number of hydrogen-bond acceptors (Lipinski definition) is 7. The second-order valence-corrected chi connectivity index (χ2v) is 14.3. The molecule has 1 aliphatic heterocycles. The van der Waals surface area contributed by atoms with Gasteiger partial charge in [0.2, 0.25) is 0 Å². The number of sulfone groups is 1. The fraction of sp³-hybridized carbons (Fsp3) is 0.448. The van der Waals surface area contributed by atoms with Crippen LogP contribution in [0.25, 0.3) is 0 Å². The Labute approximate surface area is 254 Å². The van der Waals surface area contributed by atoms with Crippen molar-refractivity contribution in [2.45, 2.75) is 63.1 Å². The molecular weight excluding hydrogens is 591 g/mol. The van der Waals surface area contributed by atoms with E-state index in [1.807, 2.05) is 24.3 Å². The molecule has 0 spiro atoms. The molecule has 0 amide bonds. The third-order valence-electron chi connectivity index (χ3n) is 7.65. The minimum Gasteiger partial charge on any atom is -0.391 e. The first-order chi connectivity index (χ1) is 17.9. The van der Waals surface area contributed by atoms with Crippen LogP contribution in [-0.4, -0.2) is 47.1 Å². The molecule has 0 radical (unpaired) electrons. The lowest BCUT2D eigenvalue weighted by molar-refractivity contribution is 0.0720. The molecule has 1 saturated heterocycles. The predicted molar refractivity (Wildman–Crippen MR) is 166 cm³/mol. The number of anilines is 2. The molecule has 3 atom stereocenters. The fourth-order valence-electron chi connectivity index (χ4n) is 5.36. The Morgan fingerprint density at radius 2 is 1.73 bits per heavy atom. The van der Waals surface area contributed by atoms with E-state index >= 15 is 0 Å². The number of benzene rings is 2. The van der Waals surface area contributed by atoms with E-state index in [1.165, 1.54) is 17.5 Å². The van der Waals surface area contributed by atoms with Gasteiger partial charge in [-0.1, -0.05) is 68.8 Å². The quantitative estimate of drug-likeness (QED) is 0.293. The molecule has 7 nitrogen and oxygen atoms in total. The zero-order chi connectivity index (χ0) is 27.1. The Morgan fingerprint density at radius 3 is 2.35 bits per heavy atom. The molecule has 2 aromatic carbocycles. The van der Waals surface area contributed by atoms with Crippen molar-refractivity contribution in [3.8, 4) is 0 Å². The van der Waals surface area contributed by atoms with Crippen molar-refractivity contribution in [3.63, 3.8) is 0 Å². The van der Waals surface area contributed by atoms with Crippen LogP contribution in [0.1, 0.15) is 50.3 Å². The number of rotatable bonds is 7. The zero-order valence-corrected chi connectivity index (χ0v) is 26.0. The molecule has 0 unspecified atom stereocenters. The molecular formula is C29H37Cl3N4O3S. The van der Waals surface area contributed by atoms with Gasteiger partial charge in [0, 0.05) is 29.3 Å². The van der Waals surface area contributed by atoms with Crippen molar-refractivity contribution in [3.05, 3.63) is 82.8 Å². The minimum absolute atomic E-state index is 0. The first kappa shape index (κ1) is 32.6. The molecule has 3 aromatic rings. The number of nitrogens with one attached hydrogen (secondary N) is 2. The number of halogens is 3. The van der Waals surface area contributed by atoms with Gasteiger partial charge in [-0.3, -0.25) is 0 Å². The van der Waals surface area contributed by atoms with E-state index in [9.17, 15) is 13.5 Å². The SMILES string of the molecule is CC(C)(C)c1cccc(C2(N[C@H]3CS(=O)(=O)C[C@@H](Cc4ccc(Nc5cc(Cl)ncn5)cc4)[C@@H]3O)CC2)c1.Cl.Cl. The summed E-state index contributed by atoms with van der Waals surface area (Å²) >= 11 is 5.93. The maximum Gasteiger partial charge on any atom is 0.152 e. The Morgan fingerprint density at radius 1 is 1.02 bits per heavy atom. The molecule has 5 rings (SSSR count). The van der Waals surface area contributed by atoms with E-state index in [0.717, 1.165) is 24.1 Å². The van der Waals surface area contributed by atoms with Crippen LogP contribution in [0.5, 0.6) is 0 Å². The lowest BCUT2D eigenvalue weighted by Gasteiger charge is -2.38. The van der Waals surface area contributed by atoms with E-state index in [0.29, 0.717) is 17.4 Å². The first-order valence-corrected chi connectivity index (χ1v) is 15.2. The molecule has 1 aliphatic carbocycles. The summed E-state index contributed by atoms with van der Waals surface area (Å²) in [6.45, 7) is 6.57. The lowest BCUT2D eigenvalue weighted by atomic mass is 9.85. The van der Waals surface area contributed by atoms with Gasteiger partial charge in [0.15, 0.2) is 9.84 Å². The van der Waals surface area contributed by atoms with Crippen molar-refractivity contribution in [1.29, 1.82) is 0 Å². The predicted octanol–water partition coefficient (Wildman–Crippen LogP) is 5.61. The summed E-state index contributed by atoms with van der Waals surface area (Å²) in [6, 6.07) is 17.4. The monoisotopic (exact) mass is 626 g/mol. The Hall–Kier alpha value is -1.94. The highest BCUT2D eigenvalue weighted by Gasteiger charge is 2.49. The molecule has 2 heterocycles. The van der Waals surface area contributed by atoms with Crippen LogP contribution in [0.4, 0.5) is 11.5 Å². The average molecular weight is 628 g/mol. The number of aliphatic hydroxyl groups excluding tert-OH is 1. The van der Waals surface area contributed by atoms with Gasteiger partial charge >= 0.3 is 0 Å². The van der Waals surface area contributed by atoms with Crippen molar-refractivity contribution in [2.24, 2.45) is 5.92 Å². The molecule has 1 saturated carbocycles. The number of aromatic nitrogens is 2. The van der Waals surface area contributed by atoms with Gasteiger partial charge in [-0.15, -0.1) is 24.8 Å². The van der Waals surface area contributed by atoms with Crippen molar-refractivity contribution in [1.82, 2.24) is 15.3 Å². The number of nitrogens with zero attached hydrogens (tertiary/aromatic N) is 2. The van der Waals surface area contributed by atoms with Crippen LogP contribution < -0.4 is 10.6 Å². The summed E-state index contributed by atoms with van der Waals surface area (Å²) in [4.78, 5) is 8.02. The highest BCUT2D eigenvalue weighted by atomic mass is 35.5. The van der Waals surface area contributed by atoms with Crippen molar-refractivity contribution < 1.29 is 13.5 Å². The van der Waals surface area contributed by atoms with Gasteiger partial charge in [0.05, 0.1) is 17.6 Å². The maximum atomic E-state index is 12.9. The molecule has 3 N–H and O–H groups in total. The van der Waals surface area contributed by atoms with Crippen molar-refractivity contribution in [2.75, 3.05) is 16.8 Å². The fourth-order valence-corrected chi connectivity index (χ4v) is 7.43. The normalized spacial score (nSPS) is 22.9. The minimum atomic E-state index is -3.31. The molecule has 0 bridgehead atoms. The summed E-state index contributed by atoms with van der Waals surface area (Å²) in [7, 11) is -3.31. The highest BCUT2D eigenvalue weighted by Crippen LogP contribution is 2.47.